The van der Waals surface area contributed by atoms with Gasteiger partial charge in [-0.2, -0.15) is 0 Å². The van der Waals surface area contributed by atoms with Gasteiger partial charge in [0.2, 0.25) is 0 Å². The Bertz CT molecular complexity index is 631. The zero-order valence-electron chi connectivity index (χ0n) is 12.3. The van der Waals surface area contributed by atoms with Gasteiger partial charge in [0.15, 0.2) is 0 Å². The van der Waals surface area contributed by atoms with E-state index in [2.05, 4.69) is 26.0 Å². The lowest BCUT2D eigenvalue weighted by molar-refractivity contribution is 0.451. The van der Waals surface area contributed by atoms with Crippen LogP contribution in [0.3, 0.4) is 0 Å². The van der Waals surface area contributed by atoms with E-state index in [-0.39, 0.29) is 0 Å². The summed E-state index contributed by atoms with van der Waals surface area (Å²) >= 11 is 0. The fraction of sp³-hybridized carbons (Fsp3) is 0.625. The van der Waals surface area contributed by atoms with Crippen LogP contribution in [0.15, 0.2) is 18.6 Å². The number of fused-ring (bicyclic) bond motifs is 1. The smallest absolute Gasteiger partial charge is 0.145 e. The molecule has 2 aliphatic carbocycles. The first kappa shape index (κ1) is 13.1. The third-order valence-electron chi connectivity index (χ3n) is 5.01. The predicted molar refractivity (Wildman–Crippen MR) is 83.9 cm³/mol. The summed E-state index contributed by atoms with van der Waals surface area (Å²) in [5, 5.41) is 4.63. The zero-order valence-corrected chi connectivity index (χ0v) is 12.3. The van der Waals surface area contributed by atoms with Crippen LogP contribution in [0.5, 0.6) is 0 Å². The molecular formula is C16H23N5. The molecule has 0 saturated heterocycles. The summed E-state index contributed by atoms with van der Waals surface area (Å²) in [6.07, 6.45) is 10.3. The molecule has 5 heteroatoms. The van der Waals surface area contributed by atoms with E-state index in [4.69, 9.17) is 5.73 Å². The third-order valence-corrected chi connectivity index (χ3v) is 5.01. The maximum Gasteiger partial charge on any atom is 0.145 e. The number of anilines is 1. The maximum atomic E-state index is 5.92. The van der Waals surface area contributed by atoms with Gasteiger partial charge < -0.3 is 15.6 Å². The highest BCUT2D eigenvalue weighted by atomic mass is 15.1. The van der Waals surface area contributed by atoms with Gasteiger partial charge in [-0.1, -0.05) is 0 Å². The molecule has 0 bridgehead atoms. The Hall–Kier alpha value is -1.62. The number of aromatic nitrogens is 3. The van der Waals surface area contributed by atoms with Crippen LogP contribution in [0, 0.1) is 11.8 Å². The van der Waals surface area contributed by atoms with Crippen LogP contribution in [0.25, 0.3) is 11.0 Å². The van der Waals surface area contributed by atoms with Gasteiger partial charge in [-0.15, -0.1) is 0 Å². The minimum absolute atomic E-state index is 0.560. The largest absolute Gasteiger partial charge is 0.383 e. The van der Waals surface area contributed by atoms with E-state index in [1.807, 2.05) is 6.07 Å². The quantitative estimate of drug-likeness (QED) is 0.885. The molecular weight excluding hydrogens is 262 g/mol. The van der Waals surface area contributed by atoms with Crippen molar-refractivity contribution in [2.45, 2.75) is 38.1 Å². The van der Waals surface area contributed by atoms with E-state index in [0.717, 1.165) is 22.9 Å². The molecule has 2 aliphatic rings. The van der Waals surface area contributed by atoms with Crippen LogP contribution >= 0.6 is 0 Å². The van der Waals surface area contributed by atoms with Crippen molar-refractivity contribution in [1.82, 2.24) is 19.9 Å². The van der Waals surface area contributed by atoms with Crippen molar-refractivity contribution in [3.63, 3.8) is 0 Å². The van der Waals surface area contributed by atoms with Gasteiger partial charge in [-0.25, -0.2) is 9.97 Å². The second-order valence-corrected chi connectivity index (χ2v) is 6.65. The lowest BCUT2D eigenvalue weighted by atomic mass is 10.1. The Morgan fingerprint density at radius 3 is 2.81 bits per heavy atom. The van der Waals surface area contributed by atoms with E-state index in [0.29, 0.717) is 11.9 Å². The van der Waals surface area contributed by atoms with Crippen LogP contribution in [-0.4, -0.2) is 27.6 Å². The second kappa shape index (κ2) is 5.30. The Morgan fingerprint density at radius 2 is 1.95 bits per heavy atom. The van der Waals surface area contributed by atoms with Gasteiger partial charge >= 0.3 is 0 Å². The van der Waals surface area contributed by atoms with Gasteiger partial charge in [-0.05, 0) is 63.1 Å². The Balaban J connectivity index is 1.42. The average molecular weight is 285 g/mol. The van der Waals surface area contributed by atoms with Crippen molar-refractivity contribution in [3.8, 4) is 0 Å². The van der Waals surface area contributed by atoms with Gasteiger partial charge in [-0.3, -0.25) is 0 Å². The van der Waals surface area contributed by atoms with Crippen LogP contribution in [-0.2, 0) is 0 Å². The molecule has 2 aromatic rings. The average Bonchev–Trinajstić information content (AvgIpc) is 3.00. The van der Waals surface area contributed by atoms with Crippen molar-refractivity contribution in [3.05, 3.63) is 18.6 Å². The summed E-state index contributed by atoms with van der Waals surface area (Å²) in [6, 6.07) is 2.60. The van der Waals surface area contributed by atoms with Crippen LogP contribution in [0.1, 0.15) is 38.1 Å². The molecule has 0 aliphatic heterocycles. The highest BCUT2D eigenvalue weighted by Gasteiger charge is 2.27. The molecule has 2 aromatic heterocycles. The molecule has 21 heavy (non-hydrogen) atoms. The number of rotatable bonds is 5. The summed E-state index contributed by atoms with van der Waals surface area (Å²) in [7, 11) is 0. The topological polar surface area (TPSA) is 68.8 Å². The van der Waals surface area contributed by atoms with E-state index in [1.54, 1.807) is 6.33 Å². The number of hydrogen-bond acceptors (Lipinski definition) is 4. The molecule has 2 fully saturated rings. The Kier molecular flexibility index (Phi) is 3.30. The fourth-order valence-electron chi connectivity index (χ4n) is 3.59. The van der Waals surface area contributed by atoms with E-state index < -0.39 is 0 Å². The molecule has 0 aromatic carbocycles. The van der Waals surface area contributed by atoms with Crippen molar-refractivity contribution >= 4 is 16.9 Å². The number of nitrogen functional groups attached to an aromatic ring is 1. The molecule has 2 atom stereocenters. The molecule has 0 spiro atoms. The number of nitrogens with zero attached hydrogens (tertiary/aromatic N) is 3. The maximum absolute atomic E-state index is 5.92. The lowest BCUT2D eigenvalue weighted by Gasteiger charge is -2.15. The normalized spacial score (nSPS) is 25.7. The third kappa shape index (κ3) is 2.62. The zero-order chi connectivity index (χ0) is 14.2. The molecule has 5 nitrogen and oxygen atoms in total. The standard InChI is InChI=1S/C16H23N5/c17-15-14-5-6-21(16(14)20-10-19-15)13-4-3-12(7-13)9-18-8-11-1-2-11/h5-6,10-13,18H,1-4,7-9H2,(H2,17,19,20). The van der Waals surface area contributed by atoms with Crippen molar-refractivity contribution in [2.75, 3.05) is 18.8 Å². The summed E-state index contributed by atoms with van der Waals surface area (Å²) in [5.41, 5.74) is 6.91. The minimum atomic E-state index is 0.560. The van der Waals surface area contributed by atoms with Crippen molar-refractivity contribution in [1.29, 1.82) is 0 Å². The van der Waals surface area contributed by atoms with Crippen LogP contribution in [0.4, 0.5) is 5.82 Å². The van der Waals surface area contributed by atoms with Crippen molar-refractivity contribution in [2.24, 2.45) is 11.8 Å². The minimum Gasteiger partial charge on any atom is -0.383 e. The van der Waals surface area contributed by atoms with Crippen LogP contribution in [0.2, 0.25) is 0 Å². The molecule has 2 saturated carbocycles. The Morgan fingerprint density at radius 1 is 1.14 bits per heavy atom. The first-order valence-corrected chi connectivity index (χ1v) is 8.09. The molecule has 0 radical (unpaired) electrons. The fourth-order valence-corrected chi connectivity index (χ4v) is 3.59. The summed E-state index contributed by atoms with van der Waals surface area (Å²) < 4.78 is 2.30. The molecule has 4 rings (SSSR count). The van der Waals surface area contributed by atoms with Gasteiger partial charge in [0, 0.05) is 12.2 Å². The molecule has 3 N–H and O–H groups in total. The summed E-state index contributed by atoms with van der Waals surface area (Å²) in [5.74, 6) is 2.35. The highest BCUT2D eigenvalue weighted by Crippen LogP contribution is 2.36. The highest BCUT2D eigenvalue weighted by molar-refractivity contribution is 5.86. The number of hydrogen-bond donors (Lipinski definition) is 2. The monoisotopic (exact) mass is 285 g/mol. The van der Waals surface area contributed by atoms with Crippen LogP contribution < -0.4 is 11.1 Å². The lowest BCUT2D eigenvalue weighted by Crippen LogP contribution is -2.23. The van der Waals surface area contributed by atoms with Gasteiger partial charge in [0.25, 0.3) is 0 Å². The van der Waals surface area contributed by atoms with E-state index in [9.17, 15) is 0 Å². The summed E-state index contributed by atoms with van der Waals surface area (Å²) in [6.45, 7) is 2.39. The molecule has 0 amide bonds. The number of nitrogens with one attached hydrogen (secondary N) is 1. The molecule has 2 heterocycles. The van der Waals surface area contributed by atoms with E-state index >= 15 is 0 Å². The van der Waals surface area contributed by atoms with E-state index in [1.165, 1.54) is 45.2 Å². The number of nitrogens with two attached hydrogens (primary N) is 1. The summed E-state index contributed by atoms with van der Waals surface area (Å²) in [4.78, 5) is 8.49. The molecule has 2 unspecified atom stereocenters. The van der Waals surface area contributed by atoms with Crippen molar-refractivity contribution < 1.29 is 0 Å². The first-order chi connectivity index (χ1) is 10.3. The predicted octanol–water partition coefficient (Wildman–Crippen LogP) is 2.35. The van der Waals surface area contributed by atoms with Gasteiger partial charge in [0.1, 0.15) is 17.8 Å². The SMILES string of the molecule is Nc1ncnc2c1ccn2C1CCC(CNCC2CC2)C1. The molecule has 112 valence electrons. The Labute approximate surface area is 124 Å². The first-order valence-electron chi connectivity index (χ1n) is 8.09. The second-order valence-electron chi connectivity index (χ2n) is 6.65. The van der Waals surface area contributed by atoms with Gasteiger partial charge in [0.05, 0.1) is 5.39 Å².